The van der Waals surface area contributed by atoms with Crippen LogP contribution in [-0.2, 0) is 0 Å². The first kappa shape index (κ1) is 14.4. The Bertz CT molecular complexity index is 386. The van der Waals surface area contributed by atoms with Gasteiger partial charge < -0.3 is 10.1 Å². The minimum atomic E-state index is 0.296. The van der Waals surface area contributed by atoms with Gasteiger partial charge in [-0.1, -0.05) is 19.8 Å². The molecular formula is C15H23ClN2O. The predicted octanol–water partition coefficient (Wildman–Crippen LogP) is 4.08. The van der Waals surface area contributed by atoms with Crippen molar-refractivity contribution in [3.63, 3.8) is 0 Å². The molecule has 1 aromatic heterocycles. The Morgan fingerprint density at radius 1 is 1.42 bits per heavy atom. The van der Waals surface area contributed by atoms with Gasteiger partial charge in [0.1, 0.15) is 0 Å². The van der Waals surface area contributed by atoms with E-state index >= 15 is 0 Å². The van der Waals surface area contributed by atoms with Crippen LogP contribution < -0.4 is 10.1 Å². The van der Waals surface area contributed by atoms with Crippen molar-refractivity contribution < 1.29 is 4.74 Å². The average Bonchev–Trinajstić information content (AvgIpc) is 2.45. The van der Waals surface area contributed by atoms with Gasteiger partial charge in [-0.2, -0.15) is 0 Å². The summed E-state index contributed by atoms with van der Waals surface area (Å²) in [6.45, 7) is 3.71. The fraction of sp³-hybridized carbons (Fsp3) is 0.667. The summed E-state index contributed by atoms with van der Waals surface area (Å²) in [6, 6.07) is 3.87. The van der Waals surface area contributed by atoms with Crippen LogP contribution in [0.2, 0.25) is 0 Å². The van der Waals surface area contributed by atoms with Gasteiger partial charge >= 0.3 is 0 Å². The van der Waals surface area contributed by atoms with Gasteiger partial charge in [0.05, 0.1) is 6.61 Å². The molecule has 1 aromatic rings. The molecule has 2 atom stereocenters. The van der Waals surface area contributed by atoms with E-state index in [4.69, 9.17) is 16.3 Å². The van der Waals surface area contributed by atoms with Gasteiger partial charge in [-0.05, 0) is 37.3 Å². The molecule has 106 valence electrons. The largest absolute Gasteiger partial charge is 0.490 e. The minimum Gasteiger partial charge on any atom is -0.490 e. The SMILES string of the molecule is CCCOc1cccnc1NCC1CCCCC1Cl. The number of anilines is 1. The molecular weight excluding hydrogens is 260 g/mol. The summed E-state index contributed by atoms with van der Waals surface area (Å²) in [5.41, 5.74) is 0. The summed E-state index contributed by atoms with van der Waals surface area (Å²) in [4.78, 5) is 4.36. The molecule has 0 bridgehead atoms. The molecule has 1 saturated carbocycles. The van der Waals surface area contributed by atoms with Crippen LogP contribution in [0.25, 0.3) is 0 Å². The summed E-state index contributed by atoms with van der Waals surface area (Å²) < 4.78 is 5.70. The summed E-state index contributed by atoms with van der Waals surface area (Å²) in [5, 5.41) is 3.70. The number of rotatable bonds is 6. The lowest BCUT2D eigenvalue weighted by atomic mass is 9.89. The number of nitrogens with zero attached hydrogens (tertiary/aromatic N) is 1. The highest BCUT2D eigenvalue weighted by atomic mass is 35.5. The molecule has 2 rings (SSSR count). The molecule has 2 unspecified atom stereocenters. The van der Waals surface area contributed by atoms with Gasteiger partial charge in [0.2, 0.25) is 0 Å². The van der Waals surface area contributed by atoms with Crippen molar-refractivity contribution in [2.75, 3.05) is 18.5 Å². The van der Waals surface area contributed by atoms with Crippen molar-refractivity contribution in [3.05, 3.63) is 18.3 Å². The second kappa shape index (κ2) is 7.59. The normalized spacial score (nSPS) is 23.1. The fourth-order valence-electron chi connectivity index (χ4n) is 2.47. The first-order valence-corrected chi connectivity index (χ1v) is 7.70. The summed E-state index contributed by atoms with van der Waals surface area (Å²) in [6.07, 6.45) is 7.69. The number of hydrogen-bond donors (Lipinski definition) is 1. The molecule has 0 saturated heterocycles. The van der Waals surface area contributed by atoms with Gasteiger partial charge in [0.25, 0.3) is 0 Å². The van der Waals surface area contributed by atoms with Crippen molar-refractivity contribution in [3.8, 4) is 5.75 Å². The Labute approximate surface area is 120 Å². The number of pyridine rings is 1. The highest BCUT2D eigenvalue weighted by Gasteiger charge is 2.23. The Kier molecular flexibility index (Phi) is 5.77. The molecule has 19 heavy (non-hydrogen) atoms. The van der Waals surface area contributed by atoms with E-state index in [0.717, 1.165) is 37.6 Å². The molecule has 1 fully saturated rings. The zero-order valence-electron chi connectivity index (χ0n) is 11.6. The molecule has 0 radical (unpaired) electrons. The quantitative estimate of drug-likeness (QED) is 0.798. The zero-order valence-corrected chi connectivity index (χ0v) is 12.3. The Hall–Kier alpha value is -0.960. The Morgan fingerprint density at radius 2 is 2.26 bits per heavy atom. The van der Waals surface area contributed by atoms with Crippen LogP contribution in [0.3, 0.4) is 0 Å². The van der Waals surface area contributed by atoms with Gasteiger partial charge in [-0.25, -0.2) is 4.98 Å². The smallest absolute Gasteiger partial charge is 0.168 e. The summed E-state index contributed by atoms with van der Waals surface area (Å²) in [7, 11) is 0. The van der Waals surface area contributed by atoms with Gasteiger partial charge in [-0.15, -0.1) is 11.6 Å². The second-order valence-corrected chi connectivity index (χ2v) is 5.70. The standard InChI is InChI=1S/C15H23ClN2O/c1-2-10-19-14-8-5-9-17-15(14)18-11-12-6-3-4-7-13(12)16/h5,8-9,12-13H,2-4,6-7,10-11H2,1H3,(H,17,18). The highest BCUT2D eigenvalue weighted by molar-refractivity contribution is 6.20. The van der Waals surface area contributed by atoms with E-state index in [1.54, 1.807) is 6.20 Å². The maximum Gasteiger partial charge on any atom is 0.168 e. The van der Waals surface area contributed by atoms with E-state index < -0.39 is 0 Å². The number of nitrogens with one attached hydrogen (secondary N) is 1. The molecule has 1 aliphatic rings. The van der Waals surface area contributed by atoms with Gasteiger partial charge in [-0.3, -0.25) is 0 Å². The van der Waals surface area contributed by atoms with Crippen molar-refractivity contribution in [1.82, 2.24) is 4.98 Å². The van der Waals surface area contributed by atoms with E-state index in [-0.39, 0.29) is 0 Å². The molecule has 1 N–H and O–H groups in total. The molecule has 4 heteroatoms. The topological polar surface area (TPSA) is 34.1 Å². The molecule has 1 heterocycles. The van der Waals surface area contributed by atoms with Gasteiger partial charge in [0.15, 0.2) is 11.6 Å². The first-order chi connectivity index (χ1) is 9.31. The van der Waals surface area contributed by atoms with Crippen LogP contribution in [0.5, 0.6) is 5.75 Å². The van der Waals surface area contributed by atoms with Crippen LogP contribution in [0.15, 0.2) is 18.3 Å². The molecule has 0 aliphatic heterocycles. The molecule has 3 nitrogen and oxygen atoms in total. The summed E-state index contributed by atoms with van der Waals surface area (Å²) >= 11 is 6.38. The maximum atomic E-state index is 6.38. The monoisotopic (exact) mass is 282 g/mol. The van der Waals surface area contributed by atoms with Crippen LogP contribution in [0, 0.1) is 5.92 Å². The Morgan fingerprint density at radius 3 is 3.05 bits per heavy atom. The first-order valence-electron chi connectivity index (χ1n) is 7.27. The molecule has 0 amide bonds. The van der Waals surface area contributed by atoms with E-state index in [1.807, 2.05) is 12.1 Å². The number of hydrogen-bond acceptors (Lipinski definition) is 3. The minimum absolute atomic E-state index is 0.296. The van der Waals surface area contributed by atoms with Crippen LogP contribution >= 0.6 is 11.6 Å². The second-order valence-electron chi connectivity index (χ2n) is 5.14. The van der Waals surface area contributed by atoms with Crippen LogP contribution in [0.4, 0.5) is 5.82 Å². The number of ether oxygens (including phenoxy) is 1. The zero-order chi connectivity index (χ0) is 13.5. The number of aromatic nitrogens is 1. The van der Waals surface area contributed by atoms with E-state index in [1.165, 1.54) is 19.3 Å². The third-order valence-corrected chi connectivity index (χ3v) is 4.15. The molecule has 1 aliphatic carbocycles. The third-order valence-electron chi connectivity index (χ3n) is 3.58. The maximum absolute atomic E-state index is 6.38. The van der Waals surface area contributed by atoms with E-state index in [2.05, 4.69) is 17.2 Å². The lowest BCUT2D eigenvalue weighted by Gasteiger charge is -2.27. The van der Waals surface area contributed by atoms with Gasteiger partial charge in [0, 0.05) is 18.1 Å². The Balaban J connectivity index is 1.91. The van der Waals surface area contributed by atoms with E-state index in [9.17, 15) is 0 Å². The summed E-state index contributed by atoms with van der Waals surface area (Å²) in [5.74, 6) is 2.22. The van der Waals surface area contributed by atoms with Crippen molar-refractivity contribution in [1.29, 1.82) is 0 Å². The van der Waals surface area contributed by atoms with E-state index in [0.29, 0.717) is 11.3 Å². The van der Waals surface area contributed by atoms with Crippen molar-refractivity contribution in [2.45, 2.75) is 44.4 Å². The lowest BCUT2D eigenvalue weighted by molar-refractivity contribution is 0.317. The van der Waals surface area contributed by atoms with Crippen LogP contribution in [-0.4, -0.2) is 23.5 Å². The fourth-order valence-corrected chi connectivity index (χ4v) is 2.84. The number of halogens is 1. The van der Waals surface area contributed by atoms with Crippen molar-refractivity contribution in [2.24, 2.45) is 5.92 Å². The number of alkyl halides is 1. The third kappa shape index (κ3) is 4.27. The average molecular weight is 283 g/mol. The van der Waals surface area contributed by atoms with Crippen LogP contribution in [0.1, 0.15) is 39.0 Å². The predicted molar refractivity (Wildman–Crippen MR) is 80.1 cm³/mol. The molecule has 0 spiro atoms. The lowest BCUT2D eigenvalue weighted by Crippen LogP contribution is -2.27. The highest BCUT2D eigenvalue weighted by Crippen LogP contribution is 2.29. The van der Waals surface area contributed by atoms with Crippen molar-refractivity contribution >= 4 is 17.4 Å². The molecule has 0 aromatic carbocycles.